The van der Waals surface area contributed by atoms with E-state index in [1.54, 1.807) is 24.1 Å². The minimum absolute atomic E-state index is 0.00389. The number of carbonyl (C=O) groups is 2. The van der Waals surface area contributed by atoms with Gasteiger partial charge in [-0.1, -0.05) is 12.1 Å². The lowest BCUT2D eigenvalue weighted by molar-refractivity contribution is -0.130. The van der Waals surface area contributed by atoms with Crippen LogP contribution in [0, 0.1) is 5.82 Å². The van der Waals surface area contributed by atoms with Crippen LogP contribution in [0.4, 0.5) is 4.39 Å². The first-order valence-electron chi connectivity index (χ1n) is 11.3. The van der Waals surface area contributed by atoms with E-state index in [-0.39, 0.29) is 35.6 Å². The molecule has 2 heterocycles. The van der Waals surface area contributed by atoms with Crippen LogP contribution >= 0.6 is 0 Å². The molecule has 1 aliphatic carbocycles. The number of fused-ring (bicyclic) bond motifs is 1. The monoisotopic (exact) mass is 451 g/mol. The molecular formula is C25H26FN3O4. The van der Waals surface area contributed by atoms with Crippen molar-refractivity contribution in [3.8, 4) is 11.5 Å². The van der Waals surface area contributed by atoms with Gasteiger partial charge in [-0.15, -0.1) is 0 Å². The predicted octanol–water partition coefficient (Wildman–Crippen LogP) is 3.92. The average Bonchev–Trinajstić information content (AvgIpc) is 3.58. The van der Waals surface area contributed by atoms with Gasteiger partial charge in [-0.05, 0) is 62.4 Å². The molecule has 2 fully saturated rings. The van der Waals surface area contributed by atoms with Crippen LogP contribution in [-0.4, -0.2) is 53.5 Å². The Balaban J connectivity index is 1.24. The van der Waals surface area contributed by atoms with Gasteiger partial charge in [0.2, 0.25) is 11.8 Å². The van der Waals surface area contributed by atoms with Crippen LogP contribution in [0.3, 0.4) is 0 Å². The zero-order chi connectivity index (χ0) is 22.9. The number of nitrogens with zero attached hydrogens (tertiary/aromatic N) is 2. The van der Waals surface area contributed by atoms with Gasteiger partial charge in [-0.3, -0.25) is 9.59 Å². The quantitative estimate of drug-likeness (QED) is 0.636. The molecule has 33 heavy (non-hydrogen) atoms. The Labute approximate surface area is 190 Å². The van der Waals surface area contributed by atoms with Crippen molar-refractivity contribution < 1.29 is 23.1 Å². The number of rotatable bonds is 5. The molecule has 3 aromatic rings. The van der Waals surface area contributed by atoms with Crippen LogP contribution in [-0.2, 0) is 9.53 Å². The number of aromatic nitrogens is 1. The van der Waals surface area contributed by atoms with E-state index < -0.39 is 5.82 Å². The van der Waals surface area contributed by atoms with Crippen molar-refractivity contribution in [3.05, 3.63) is 53.8 Å². The van der Waals surface area contributed by atoms with Crippen LogP contribution in [0.25, 0.3) is 22.6 Å². The van der Waals surface area contributed by atoms with Crippen molar-refractivity contribution in [1.29, 1.82) is 0 Å². The lowest BCUT2D eigenvalue weighted by Gasteiger charge is -2.25. The predicted molar refractivity (Wildman–Crippen MR) is 120 cm³/mol. The third-order valence-corrected chi connectivity index (χ3v) is 6.58. The molecule has 0 spiro atoms. The molecule has 2 aliphatic rings. The van der Waals surface area contributed by atoms with Crippen molar-refractivity contribution in [3.63, 3.8) is 0 Å². The molecule has 0 radical (unpaired) electrons. The molecule has 7 nitrogen and oxygen atoms in total. The molecule has 5 rings (SSSR count). The lowest BCUT2D eigenvalue weighted by atomic mass is 10.1. The van der Waals surface area contributed by atoms with Crippen molar-refractivity contribution in [2.75, 3.05) is 13.7 Å². The molecule has 0 unspecified atom stereocenters. The number of halogens is 1. The van der Waals surface area contributed by atoms with E-state index in [1.807, 2.05) is 18.2 Å². The van der Waals surface area contributed by atoms with Crippen LogP contribution < -0.4 is 5.32 Å². The summed E-state index contributed by atoms with van der Waals surface area (Å²) < 4.78 is 26.1. The summed E-state index contributed by atoms with van der Waals surface area (Å²) in [6.45, 7) is 0.624. The summed E-state index contributed by atoms with van der Waals surface area (Å²) in [5.74, 6) is -0.767. The normalized spacial score (nSPS) is 22.5. The highest BCUT2D eigenvalue weighted by Crippen LogP contribution is 2.28. The standard InChI is InChI=1S/C25H26FN3O4/c1-29(17-10-9-16(14-17)27-23(30)22-7-4-12-32-22)25(31)18-11-8-15(13-19(18)26)24-28-20-5-2-3-6-21(20)33-24/h2-3,5-6,8,11,13,16-17,22H,4,7,9-10,12,14H2,1H3,(H,27,30)/t16-,17+,22-/m0/s1. The van der Waals surface area contributed by atoms with E-state index in [0.29, 0.717) is 35.6 Å². The van der Waals surface area contributed by atoms with Crippen LogP contribution in [0.5, 0.6) is 0 Å². The number of benzene rings is 2. The van der Waals surface area contributed by atoms with Crippen LogP contribution in [0.2, 0.25) is 0 Å². The second-order valence-corrected chi connectivity index (χ2v) is 8.77. The highest BCUT2D eigenvalue weighted by molar-refractivity contribution is 5.95. The van der Waals surface area contributed by atoms with Gasteiger partial charge in [-0.2, -0.15) is 0 Å². The minimum Gasteiger partial charge on any atom is -0.436 e. The molecule has 3 atom stereocenters. The van der Waals surface area contributed by atoms with Crippen LogP contribution in [0.15, 0.2) is 46.9 Å². The zero-order valence-electron chi connectivity index (χ0n) is 18.4. The molecule has 8 heteroatoms. The van der Waals surface area contributed by atoms with E-state index in [2.05, 4.69) is 10.3 Å². The molecule has 1 aliphatic heterocycles. The maximum atomic E-state index is 14.9. The zero-order valence-corrected chi connectivity index (χ0v) is 18.4. The van der Waals surface area contributed by atoms with Crippen molar-refractivity contribution in [2.45, 2.75) is 50.3 Å². The summed E-state index contributed by atoms with van der Waals surface area (Å²) in [4.78, 5) is 31.3. The van der Waals surface area contributed by atoms with Gasteiger partial charge in [0, 0.05) is 31.3 Å². The molecule has 2 aromatic carbocycles. The van der Waals surface area contributed by atoms with Gasteiger partial charge in [0.15, 0.2) is 5.58 Å². The van der Waals surface area contributed by atoms with Gasteiger partial charge >= 0.3 is 0 Å². The Morgan fingerprint density at radius 2 is 2.00 bits per heavy atom. The highest BCUT2D eigenvalue weighted by atomic mass is 19.1. The number of oxazole rings is 1. The summed E-state index contributed by atoms with van der Waals surface area (Å²) in [6.07, 6.45) is 3.46. The average molecular weight is 451 g/mol. The largest absolute Gasteiger partial charge is 0.436 e. The maximum absolute atomic E-state index is 14.9. The van der Waals surface area contributed by atoms with Crippen molar-refractivity contribution in [1.82, 2.24) is 15.2 Å². The van der Waals surface area contributed by atoms with Gasteiger partial charge in [0.1, 0.15) is 17.4 Å². The number of hydrogen-bond donors (Lipinski definition) is 1. The second kappa shape index (κ2) is 8.94. The molecule has 1 saturated carbocycles. The second-order valence-electron chi connectivity index (χ2n) is 8.77. The van der Waals surface area contributed by atoms with Gasteiger partial charge < -0.3 is 19.4 Å². The fourth-order valence-electron chi connectivity index (χ4n) is 4.69. The smallest absolute Gasteiger partial charge is 0.256 e. The Bertz CT molecular complexity index is 1150. The Kier molecular flexibility index (Phi) is 5.85. The number of para-hydroxylation sites is 2. The summed E-state index contributed by atoms with van der Waals surface area (Å²) in [5, 5.41) is 3.04. The summed E-state index contributed by atoms with van der Waals surface area (Å²) in [5.41, 5.74) is 1.79. The molecule has 172 valence electrons. The molecule has 1 N–H and O–H groups in total. The van der Waals surface area contributed by atoms with E-state index in [1.165, 1.54) is 12.1 Å². The lowest BCUT2D eigenvalue weighted by Crippen LogP contribution is -2.42. The van der Waals surface area contributed by atoms with Gasteiger partial charge in [-0.25, -0.2) is 9.37 Å². The molecule has 2 amide bonds. The third kappa shape index (κ3) is 4.35. The number of ether oxygens (including phenoxy) is 1. The third-order valence-electron chi connectivity index (χ3n) is 6.58. The fourth-order valence-corrected chi connectivity index (χ4v) is 4.69. The van der Waals surface area contributed by atoms with Crippen molar-refractivity contribution >= 4 is 22.9 Å². The van der Waals surface area contributed by atoms with Gasteiger partial charge in [0.05, 0.1) is 5.56 Å². The van der Waals surface area contributed by atoms with Gasteiger partial charge in [0.25, 0.3) is 5.91 Å². The topological polar surface area (TPSA) is 84.7 Å². The Morgan fingerprint density at radius 1 is 1.15 bits per heavy atom. The van der Waals surface area contributed by atoms with E-state index >= 15 is 0 Å². The fraction of sp³-hybridized carbons (Fsp3) is 0.400. The first-order chi connectivity index (χ1) is 16.0. The summed E-state index contributed by atoms with van der Waals surface area (Å²) in [6, 6.07) is 11.7. The van der Waals surface area contributed by atoms with E-state index in [4.69, 9.17) is 9.15 Å². The first-order valence-corrected chi connectivity index (χ1v) is 11.3. The Morgan fingerprint density at radius 3 is 2.76 bits per heavy atom. The van der Waals surface area contributed by atoms with E-state index in [0.717, 1.165) is 25.7 Å². The highest BCUT2D eigenvalue weighted by Gasteiger charge is 2.34. The summed E-state index contributed by atoms with van der Waals surface area (Å²) >= 11 is 0. The summed E-state index contributed by atoms with van der Waals surface area (Å²) in [7, 11) is 1.69. The minimum atomic E-state index is -0.618. The van der Waals surface area contributed by atoms with E-state index in [9.17, 15) is 14.0 Å². The SMILES string of the molecule is CN(C(=O)c1ccc(-c2nc3ccccc3o2)cc1F)[C@@H]1CC[C@H](NC(=O)[C@@H]2CCCO2)C1. The molecular weight excluding hydrogens is 425 g/mol. The number of carbonyl (C=O) groups excluding carboxylic acids is 2. The number of hydrogen-bond acceptors (Lipinski definition) is 5. The first kappa shape index (κ1) is 21.6. The number of amides is 2. The van der Waals surface area contributed by atoms with Crippen LogP contribution in [0.1, 0.15) is 42.5 Å². The molecule has 1 saturated heterocycles. The van der Waals surface area contributed by atoms with Crippen molar-refractivity contribution in [2.24, 2.45) is 0 Å². The molecule has 0 bridgehead atoms. The Hall–Kier alpha value is -3.26. The molecule has 1 aromatic heterocycles. The maximum Gasteiger partial charge on any atom is 0.256 e. The number of nitrogens with one attached hydrogen (secondary N) is 1.